The summed E-state index contributed by atoms with van der Waals surface area (Å²) in [6.45, 7) is 1.70. The normalized spacial score (nSPS) is 11.9. The number of aromatic nitrogens is 2. The molecule has 0 aliphatic heterocycles. The number of carbonyl (C=O) groups is 1. The summed E-state index contributed by atoms with van der Waals surface area (Å²) >= 11 is 0. The summed E-state index contributed by atoms with van der Waals surface area (Å²) < 4.78 is 26.4. The first-order valence-electron chi connectivity index (χ1n) is 6.07. The summed E-state index contributed by atoms with van der Waals surface area (Å²) in [5.74, 6) is -1.62. The molecule has 0 bridgehead atoms. The second-order valence-corrected chi connectivity index (χ2v) is 4.41. The molecule has 1 heterocycles. The minimum atomic E-state index is -0.648. The van der Waals surface area contributed by atoms with Crippen LogP contribution >= 0.6 is 0 Å². The molecule has 0 saturated carbocycles. The second kappa shape index (κ2) is 6.18. The van der Waals surface area contributed by atoms with Gasteiger partial charge in [-0.05, 0) is 17.5 Å². The molecule has 0 spiro atoms. The van der Waals surface area contributed by atoms with Crippen molar-refractivity contribution >= 4 is 11.7 Å². The lowest BCUT2D eigenvalue weighted by atomic mass is 9.97. The fourth-order valence-electron chi connectivity index (χ4n) is 1.85. The summed E-state index contributed by atoms with van der Waals surface area (Å²) in [5.41, 5.74) is 0.306. The van der Waals surface area contributed by atoms with E-state index in [9.17, 15) is 13.6 Å². The standard InChI is InChI=1S/C14H13F2N3O/c1-9(11-3-2-10(15)7-12(11)16)6-14(20)19-13-8-17-4-5-18-13/h2-5,7-9H,6H2,1H3,(H,18,19,20)/t9-/m1/s1. The van der Waals surface area contributed by atoms with Gasteiger partial charge in [0, 0.05) is 24.9 Å². The lowest BCUT2D eigenvalue weighted by Crippen LogP contribution is -2.15. The third-order valence-corrected chi connectivity index (χ3v) is 2.82. The van der Waals surface area contributed by atoms with Gasteiger partial charge in [0.05, 0.1) is 6.20 Å². The van der Waals surface area contributed by atoms with Crippen LogP contribution in [-0.4, -0.2) is 15.9 Å². The summed E-state index contributed by atoms with van der Waals surface area (Å²) in [5, 5.41) is 2.56. The molecule has 1 aromatic heterocycles. The predicted molar refractivity (Wildman–Crippen MR) is 70.1 cm³/mol. The van der Waals surface area contributed by atoms with Gasteiger partial charge in [-0.2, -0.15) is 0 Å². The number of hydrogen-bond donors (Lipinski definition) is 1. The van der Waals surface area contributed by atoms with Gasteiger partial charge in [0.1, 0.15) is 11.6 Å². The van der Waals surface area contributed by atoms with Crippen molar-refractivity contribution in [1.29, 1.82) is 0 Å². The molecule has 104 valence electrons. The van der Waals surface area contributed by atoms with E-state index >= 15 is 0 Å². The number of nitrogens with one attached hydrogen (secondary N) is 1. The number of rotatable bonds is 4. The predicted octanol–water partition coefficient (Wildman–Crippen LogP) is 2.89. The molecule has 20 heavy (non-hydrogen) atoms. The van der Waals surface area contributed by atoms with Crippen LogP contribution in [0.25, 0.3) is 0 Å². The molecule has 0 aliphatic carbocycles. The van der Waals surface area contributed by atoms with Crippen molar-refractivity contribution in [1.82, 2.24) is 9.97 Å². The summed E-state index contributed by atoms with van der Waals surface area (Å²) in [6, 6.07) is 3.34. The zero-order valence-corrected chi connectivity index (χ0v) is 10.8. The Hall–Kier alpha value is -2.37. The number of amides is 1. The summed E-state index contributed by atoms with van der Waals surface area (Å²) in [4.78, 5) is 19.5. The molecule has 2 rings (SSSR count). The lowest BCUT2D eigenvalue weighted by Gasteiger charge is -2.12. The molecule has 6 heteroatoms. The summed E-state index contributed by atoms with van der Waals surface area (Å²) in [7, 11) is 0. The van der Waals surface area contributed by atoms with Gasteiger partial charge >= 0.3 is 0 Å². The number of benzene rings is 1. The van der Waals surface area contributed by atoms with Crippen LogP contribution in [-0.2, 0) is 4.79 Å². The van der Waals surface area contributed by atoms with E-state index in [4.69, 9.17) is 0 Å². The first-order valence-corrected chi connectivity index (χ1v) is 6.07. The van der Waals surface area contributed by atoms with Crippen molar-refractivity contribution in [3.05, 3.63) is 54.0 Å². The fourth-order valence-corrected chi connectivity index (χ4v) is 1.85. The van der Waals surface area contributed by atoms with E-state index in [1.807, 2.05) is 0 Å². The molecule has 0 aliphatic rings. The van der Waals surface area contributed by atoms with Crippen LogP contribution in [0.15, 0.2) is 36.8 Å². The first-order chi connectivity index (χ1) is 9.56. The SMILES string of the molecule is C[C@H](CC(=O)Nc1cnccn1)c1ccc(F)cc1F. The van der Waals surface area contributed by atoms with Crippen molar-refractivity contribution in [2.45, 2.75) is 19.3 Å². The quantitative estimate of drug-likeness (QED) is 0.934. The highest BCUT2D eigenvalue weighted by Gasteiger charge is 2.15. The average molecular weight is 277 g/mol. The van der Waals surface area contributed by atoms with Crippen LogP contribution in [0.1, 0.15) is 24.8 Å². The van der Waals surface area contributed by atoms with Crippen LogP contribution in [0.4, 0.5) is 14.6 Å². The molecule has 1 aromatic carbocycles. The lowest BCUT2D eigenvalue weighted by molar-refractivity contribution is -0.116. The van der Waals surface area contributed by atoms with Gasteiger partial charge in [-0.1, -0.05) is 13.0 Å². The van der Waals surface area contributed by atoms with E-state index in [2.05, 4.69) is 15.3 Å². The zero-order valence-electron chi connectivity index (χ0n) is 10.8. The number of carbonyl (C=O) groups excluding carboxylic acids is 1. The minimum Gasteiger partial charge on any atom is -0.309 e. The van der Waals surface area contributed by atoms with Crippen LogP contribution in [0, 0.1) is 11.6 Å². The maximum atomic E-state index is 13.6. The van der Waals surface area contributed by atoms with Crippen LogP contribution < -0.4 is 5.32 Å². The highest BCUT2D eigenvalue weighted by atomic mass is 19.1. The van der Waals surface area contributed by atoms with Gasteiger partial charge in [-0.3, -0.25) is 9.78 Å². The van der Waals surface area contributed by atoms with E-state index in [1.54, 1.807) is 6.92 Å². The third-order valence-electron chi connectivity index (χ3n) is 2.82. The van der Waals surface area contributed by atoms with E-state index < -0.39 is 11.6 Å². The van der Waals surface area contributed by atoms with Crippen molar-refractivity contribution in [2.75, 3.05) is 5.32 Å². The molecule has 0 radical (unpaired) electrons. The maximum Gasteiger partial charge on any atom is 0.226 e. The molecule has 0 saturated heterocycles. The number of anilines is 1. The number of halogens is 2. The maximum absolute atomic E-state index is 13.6. The fraction of sp³-hybridized carbons (Fsp3) is 0.214. The second-order valence-electron chi connectivity index (χ2n) is 4.41. The largest absolute Gasteiger partial charge is 0.309 e. The molecular weight excluding hydrogens is 264 g/mol. The number of hydrogen-bond acceptors (Lipinski definition) is 3. The van der Waals surface area contributed by atoms with Crippen LogP contribution in [0.5, 0.6) is 0 Å². The first kappa shape index (κ1) is 14.0. The molecule has 1 atom stereocenters. The van der Waals surface area contributed by atoms with Crippen molar-refractivity contribution < 1.29 is 13.6 Å². The van der Waals surface area contributed by atoms with Crippen molar-refractivity contribution in [2.24, 2.45) is 0 Å². The van der Waals surface area contributed by atoms with Gasteiger partial charge < -0.3 is 5.32 Å². The topological polar surface area (TPSA) is 54.9 Å². The zero-order chi connectivity index (χ0) is 14.5. The van der Waals surface area contributed by atoms with Crippen molar-refractivity contribution in [3.63, 3.8) is 0 Å². The van der Waals surface area contributed by atoms with E-state index in [0.717, 1.165) is 6.07 Å². The Balaban J connectivity index is 2.00. The Morgan fingerprint density at radius 1 is 1.35 bits per heavy atom. The van der Waals surface area contributed by atoms with Crippen LogP contribution in [0.2, 0.25) is 0 Å². The molecular formula is C14H13F2N3O. The Morgan fingerprint density at radius 2 is 2.15 bits per heavy atom. The van der Waals surface area contributed by atoms with Crippen molar-refractivity contribution in [3.8, 4) is 0 Å². The van der Waals surface area contributed by atoms with Gasteiger partial charge in [0.25, 0.3) is 0 Å². The molecule has 1 N–H and O–H groups in total. The molecule has 0 fully saturated rings. The van der Waals surface area contributed by atoms with Gasteiger partial charge in [-0.25, -0.2) is 13.8 Å². The minimum absolute atomic E-state index is 0.0686. The third kappa shape index (κ3) is 3.57. The Bertz CT molecular complexity index is 605. The van der Waals surface area contributed by atoms with E-state index in [1.165, 1.54) is 30.7 Å². The smallest absolute Gasteiger partial charge is 0.226 e. The molecule has 0 unspecified atom stereocenters. The van der Waals surface area contributed by atoms with Crippen LogP contribution in [0.3, 0.4) is 0 Å². The van der Waals surface area contributed by atoms with Gasteiger partial charge in [0.2, 0.25) is 5.91 Å². The van der Waals surface area contributed by atoms with Gasteiger partial charge in [0.15, 0.2) is 5.82 Å². The van der Waals surface area contributed by atoms with E-state index in [-0.39, 0.29) is 18.2 Å². The number of nitrogens with zero attached hydrogens (tertiary/aromatic N) is 2. The van der Waals surface area contributed by atoms with E-state index in [0.29, 0.717) is 11.4 Å². The molecule has 2 aromatic rings. The average Bonchev–Trinajstić information content (AvgIpc) is 2.39. The molecule has 1 amide bonds. The Labute approximate surface area is 114 Å². The highest BCUT2D eigenvalue weighted by molar-refractivity contribution is 5.90. The highest BCUT2D eigenvalue weighted by Crippen LogP contribution is 2.23. The van der Waals surface area contributed by atoms with Gasteiger partial charge in [-0.15, -0.1) is 0 Å². The Kier molecular flexibility index (Phi) is 4.34. The monoisotopic (exact) mass is 277 g/mol. The summed E-state index contributed by atoms with van der Waals surface area (Å²) in [6.07, 6.45) is 4.44. The molecule has 4 nitrogen and oxygen atoms in total. The Morgan fingerprint density at radius 3 is 2.80 bits per heavy atom.